The summed E-state index contributed by atoms with van der Waals surface area (Å²) in [6.45, 7) is 4.34. The quantitative estimate of drug-likeness (QED) is 0.736. The number of nitrogens with zero attached hydrogens (tertiary/aromatic N) is 2. The Labute approximate surface area is 164 Å². The van der Waals surface area contributed by atoms with Crippen LogP contribution in [0.1, 0.15) is 56.3 Å². The average molecular weight is 393 g/mol. The molecule has 2 amide bonds. The molecule has 2 aliphatic rings. The summed E-state index contributed by atoms with van der Waals surface area (Å²) in [6, 6.07) is 5.00. The van der Waals surface area contributed by atoms with E-state index in [4.69, 9.17) is 16.3 Å². The zero-order valence-electron chi connectivity index (χ0n) is 15.7. The third-order valence-electron chi connectivity index (χ3n) is 5.35. The first-order valence-electron chi connectivity index (χ1n) is 9.46. The number of ether oxygens (including phenoxy) is 1. The SMILES string of the molecule is C[C@@H]1CCC[C@H](C)N1C(=O)COC(=O)c1ccc(Cl)c(N2CCCC2=O)c1. The number of hydrogen-bond acceptors (Lipinski definition) is 4. The van der Waals surface area contributed by atoms with Crippen molar-refractivity contribution in [1.29, 1.82) is 0 Å². The maximum Gasteiger partial charge on any atom is 0.338 e. The van der Waals surface area contributed by atoms with Crippen molar-refractivity contribution in [2.75, 3.05) is 18.1 Å². The molecule has 0 saturated carbocycles. The van der Waals surface area contributed by atoms with Gasteiger partial charge in [0, 0.05) is 25.0 Å². The maximum atomic E-state index is 12.5. The number of rotatable bonds is 4. The van der Waals surface area contributed by atoms with Gasteiger partial charge in [0.1, 0.15) is 0 Å². The highest BCUT2D eigenvalue weighted by Crippen LogP contribution is 2.30. The molecule has 6 nitrogen and oxygen atoms in total. The Morgan fingerprint density at radius 2 is 1.89 bits per heavy atom. The first kappa shape index (κ1) is 19.7. The Kier molecular flexibility index (Phi) is 6.05. The number of carbonyl (C=O) groups excluding carboxylic acids is 3. The number of carbonyl (C=O) groups is 3. The van der Waals surface area contributed by atoms with Gasteiger partial charge in [-0.05, 0) is 57.7 Å². The second-order valence-electron chi connectivity index (χ2n) is 7.32. The topological polar surface area (TPSA) is 66.9 Å². The van der Waals surface area contributed by atoms with Gasteiger partial charge in [-0.25, -0.2) is 4.79 Å². The molecule has 2 aliphatic heterocycles. The van der Waals surface area contributed by atoms with Crippen molar-refractivity contribution >= 4 is 35.1 Å². The van der Waals surface area contributed by atoms with Crippen LogP contribution < -0.4 is 4.90 Å². The van der Waals surface area contributed by atoms with Crippen LogP contribution in [-0.2, 0) is 14.3 Å². The van der Waals surface area contributed by atoms with E-state index in [0.717, 1.165) is 25.7 Å². The van der Waals surface area contributed by atoms with Gasteiger partial charge in [-0.3, -0.25) is 9.59 Å². The lowest BCUT2D eigenvalue weighted by Gasteiger charge is -2.38. The zero-order chi connectivity index (χ0) is 19.6. The molecule has 27 heavy (non-hydrogen) atoms. The lowest BCUT2D eigenvalue weighted by atomic mass is 9.97. The molecule has 7 heteroatoms. The molecule has 3 rings (SSSR count). The number of esters is 1. The van der Waals surface area contributed by atoms with Crippen LogP contribution in [0.4, 0.5) is 5.69 Å². The van der Waals surface area contributed by atoms with E-state index in [2.05, 4.69) is 0 Å². The van der Waals surface area contributed by atoms with Crippen LogP contribution in [0.15, 0.2) is 18.2 Å². The smallest absolute Gasteiger partial charge is 0.338 e. The Hall–Kier alpha value is -2.08. The molecular formula is C20H25ClN2O4. The minimum absolute atomic E-state index is 0.00864. The minimum atomic E-state index is -0.592. The van der Waals surface area contributed by atoms with Gasteiger partial charge in [-0.2, -0.15) is 0 Å². The molecule has 146 valence electrons. The fourth-order valence-electron chi connectivity index (χ4n) is 3.95. The van der Waals surface area contributed by atoms with Crippen molar-refractivity contribution in [2.24, 2.45) is 0 Å². The van der Waals surface area contributed by atoms with Gasteiger partial charge in [-0.1, -0.05) is 11.6 Å². The summed E-state index contributed by atoms with van der Waals surface area (Å²) in [5.74, 6) is -0.775. The summed E-state index contributed by atoms with van der Waals surface area (Å²) in [4.78, 5) is 40.3. The number of halogens is 1. The van der Waals surface area contributed by atoms with Gasteiger partial charge in [0.05, 0.1) is 16.3 Å². The van der Waals surface area contributed by atoms with Crippen LogP contribution in [0.5, 0.6) is 0 Å². The molecule has 2 heterocycles. The number of amides is 2. The molecule has 2 atom stereocenters. The molecule has 0 unspecified atom stereocenters. The van der Waals surface area contributed by atoms with Crippen LogP contribution in [-0.4, -0.2) is 47.9 Å². The summed E-state index contributed by atoms with van der Waals surface area (Å²) in [7, 11) is 0. The monoisotopic (exact) mass is 392 g/mol. The summed E-state index contributed by atoms with van der Waals surface area (Å²) in [5, 5.41) is 0.411. The van der Waals surface area contributed by atoms with Crippen LogP contribution in [0.25, 0.3) is 0 Å². The van der Waals surface area contributed by atoms with Crippen LogP contribution in [0.3, 0.4) is 0 Å². The van der Waals surface area contributed by atoms with Crippen molar-refractivity contribution in [2.45, 2.75) is 58.0 Å². The molecular weight excluding hydrogens is 368 g/mol. The zero-order valence-corrected chi connectivity index (χ0v) is 16.5. The third-order valence-corrected chi connectivity index (χ3v) is 5.67. The van der Waals surface area contributed by atoms with E-state index in [1.807, 2.05) is 18.7 Å². The lowest BCUT2D eigenvalue weighted by Crippen LogP contribution is -2.49. The molecule has 2 saturated heterocycles. The van der Waals surface area contributed by atoms with Gasteiger partial charge in [0.25, 0.3) is 5.91 Å². The number of likely N-dealkylation sites (tertiary alicyclic amines) is 1. The van der Waals surface area contributed by atoms with Crippen molar-refractivity contribution < 1.29 is 19.1 Å². The minimum Gasteiger partial charge on any atom is -0.452 e. The van der Waals surface area contributed by atoms with Crippen molar-refractivity contribution in [3.8, 4) is 0 Å². The van der Waals surface area contributed by atoms with E-state index >= 15 is 0 Å². The van der Waals surface area contributed by atoms with Gasteiger partial charge in [0.2, 0.25) is 5.91 Å². The van der Waals surface area contributed by atoms with Crippen molar-refractivity contribution in [3.63, 3.8) is 0 Å². The Morgan fingerprint density at radius 3 is 2.52 bits per heavy atom. The van der Waals surface area contributed by atoms with E-state index in [1.165, 1.54) is 0 Å². The molecule has 0 bridgehead atoms. The van der Waals surface area contributed by atoms with Gasteiger partial charge < -0.3 is 14.5 Å². The fourth-order valence-corrected chi connectivity index (χ4v) is 4.17. The largest absolute Gasteiger partial charge is 0.452 e. The second-order valence-corrected chi connectivity index (χ2v) is 7.73. The van der Waals surface area contributed by atoms with Crippen molar-refractivity contribution in [3.05, 3.63) is 28.8 Å². The number of piperidine rings is 1. The molecule has 1 aromatic carbocycles. The Balaban J connectivity index is 1.66. The Bertz CT molecular complexity index is 741. The Morgan fingerprint density at radius 1 is 1.19 bits per heavy atom. The molecule has 0 N–H and O–H groups in total. The highest BCUT2D eigenvalue weighted by atomic mass is 35.5. The van der Waals surface area contributed by atoms with E-state index < -0.39 is 5.97 Å². The summed E-state index contributed by atoms with van der Waals surface area (Å²) in [6.07, 6.45) is 4.29. The number of benzene rings is 1. The normalized spacial score (nSPS) is 22.9. The maximum absolute atomic E-state index is 12.5. The van der Waals surface area contributed by atoms with E-state index in [-0.39, 0.29) is 36.1 Å². The second kappa shape index (κ2) is 8.30. The number of anilines is 1. The van der Waals surface area contributed by atoms with Gasteiger partial charge in [0.15, 0.2) is 6.61 Å². The molecule has 0 aromatic heterocycles. The fraction of sp³-hybridized carbons (Fsp3) is 0.550. The van der Waals surface area contributed by atoms with Crippen LogP contribution in [0, 0.1) is 0 Å². The first-order chi connectivity index (χ1) is 12.9. The highest BCUT2D eigenvalue weighted by Gasteiger charge is 2.30. The highest BCUT2D eigenvalue weighted by molar-refractivity contribution is 6.34. The van der Waals surface area contributed by atoms with Gasteiger partial charge >= 0.3 is 5.97 Å². The van der Waals surface area contributed by atoms with E-state index in [0.29, 0.717) is 23.7 Å². The summed E-state index contributed by atoms with van der Waals surface area (Å²) < 4.78 is 5.25. The van der Waals surface area contributed by atoms with Gasteiger partial charge in [-0.15, -0.1) is 0 Å². The molecule has 0 aliphatic carbocycles. The molecule has 2 fully saturated rings. The molecule has 0 spiro atoms. The molecule has 1 aromatic rings. The lowest BCUT2D eigenvalue weighted by molar-refractivity contribution is -0.140. The summed E-state index contributed by atoms with van der Waals surface area (Å²) in [5.41, 5.74) is 0.792. The van der Waals surface area contributed by atoms with E-state index in [1.54, 1.807) is 23.1 Å². The van der Waals surface area contributed by atoms with Crippen LogP contribution in [0.2, 0.25) is 5.02 Å². The van der Waals surface area contributed by atoms with Crippen molar-refractivity contribution in [1.82, 2.24) is 4.90 Å². The number of hydrogen-bond donors (Lipinski definition) is 0. The average Bonchev–Trinajstić information content (AvgIpc) is 3.05. The predicted molar refractivity (Wildman–Crippen MR) is 103 cm³/mol. The predicted octanol–water partition coefficient (Wildman–Crippen LogP) is 3.41. The van der Waals surface area contributed by atoms with E-state index in [9.17, 15) is 14.4 Å². The van der Waals surface area contributed by atoms with Crippen LogP contribution >= 0.6 is 11.6 Å². The molecule has 0 radical (unpaired) electrons. The summed E-state index contributed by atoms with van der Waals surface area (Å²) >= 11 is 6.20. The standard InChI is InChI=1S/C20H25ClN2O4/c1-13-5-3-6-14(2)23(13)19(25)12-27-20(26)15-8-9-16(21)17(11-15)22-10-4-7-18(22)24/h8-9,11,13-14H,3-7,10,12H2,1-2H3/t13-,14+. The third kappa shape index (κ3) is 4.26. The first-order valence-corrected chi connectivity index (χ1v) is 9.84.